The highest BCUT2D eigenvalue weighted by atomic mass is 16.2. The van der Waals surface area contributed by atoms with Gasteiger partial charge in [-0.3, -0.25) is 14.4 Å². The lowest BCUT2D eigenvalue weighted by molar-refractivity contribution is -0.149. The van der Waals surface area contributed by atoms with Crippen LogP contribution in [0, 0.1) is 0 Å². The number of likely N-dealkylation sites (tertiary alicyclic amines) is 1. The molecule has 250 valence electrons. The van der Waals surface area contributed by atoms with E-state index in [9.17, 15) is 14.4 Å². The van der Waals surface area contributed by atoms with Crippen molar-refractivity contribution in [2.45, 2.75) is 75.0 Å². The van der Waals surface area contributed by atoms with E-state index >= 15 is 0 Å². The molecule has 5 rings (SSSR count). The third-order valence-electron chi connectivity index (χ3n) is 10.4. The zero-order valence-electron chi connectivity index (χ0n) is 28.5. The molecule has 8 nitrogen and oxygen atoms in total. The third kappa shape index (κ3) is 8.48. The average Bonchev–Trinajstić information content (AvgIpc) is 3.08. The molecule has 2 fully saturated rings. The third-order valence-corrected chi connectivity index (χ3v) is 10.4. The van der Waals surface area contributed by atoms with Crippen molar-refractivity contribution in [3.63, 3.8) is 0 Å². The number of likely N-dealkylation sites (N-methyl/N-ethyl adjacent to an activating group) is 2. The average molecular weight is 638 g/mol. The SMILES string of the molecule is CN(C)C1CCN(C(=O)C(Cc2ccccc2)N(C)C(=O)[C@H](Cc2ccc3ccccc3c2)N(C)C(=O)C=CCC2(N)CCC2)CC1. The van der Waals surface area contributed by atoms with Crippen LogP contribution in [0.1, 0.15) is 49.7 Å². The van der Waals surface area contributed by atoms with Gasteiger partial charge in [0.2, 0.25) is 17.7 Å². The van der Waals surface area contributed by atoms with Crippen LogP contribution >= 0.6 is 0 Å². The summed E-state index contributed by atoms with van der Waals surface area (Å²) in [5, 5.41) is 2.19. The predicted molar refractivity (Wildman–Crippen MR) is 189 cm³/mol. The van der Waals surface area contributed by atoms with Crippen LogP contribution in [0.4, 0.5) is 0 Å². The van der Waals surface area contributed by atoms with E-state index < -0.39 is 12.1 Å². The van der Waals surface area contributed by atoms with Crippen molar-refractivity contribution in [1.82, 2.24) is 19.6 Å². The molecular formula is C39H51N5O3. The molecule has 1 saturated carbocycles. The lowest BCUT2D eigenvalue weighted by Crippen LogP contribution is -2.57. The molecule has 0 spiro atoms. The second kappa shape index (κ2) is 15.3. The van der Waals surface area contributed by atoms with Gasteiger partial charge in [-0.15, -0.1) is 0 Å². The van der Waals surface area contributed by atoms with Gasteiger partial charge in [0.25, 0.3) is 0 Å². The molecule has 1 aliphatic heterocycles. The molecule has 47 heavy (non-hydrogen) atoms. The number of hydrogen-bond donors (Lipinski definition) is 1. The van der Waals surface area contributed by atoms with Crippen molar-refractivity contribution in [3.8, 4) is 0 Å². The van der Waals surface area contributed by atoms with Crippen LogP contribution in [0.5, 0.6) is 0 Å². The molecule has 2 aliphatic rings. The van der Waals surface area contributed by atoms with E-state index in [1.54, 1.807) is 25.1 Å². The minimum atomic E-state index is -0.806. The standard InChI is InChI=1S/C39H51N5O3/c1-41(2)33-19-24-44(25-20-33)38(47)35(27-29-12-6-5-7-13-29)43(4)37(46)34(28-30-17-18-31-14-8-9-15-32(31)26-30)42(3)36(45)16-10-21-39(40)22-11-23-39/h5-10,12-18,26,33-35H,11,19-25,27-28,40H2,1-4H3/t34-,35?/m0/s1. The number of rotatable bonds is 12. The first-order valence-corrected chi connectivity index (χ1v) is 17.0. The van der Waals surface area contributed by atoms with Crippen LogP contribution in [0.2, 0.25) is 0 Å². The van der Waals surface area contributed by atoms with Crippen molar-refractivity contribution in [3.05, 3.63) is 96.1 Å². The molecule has 3 aromatic rings. The number of carbonyl (C=O) groups excluding carboxylic acids is 3. The molecule has 3 aromatic carbocycles. The molecule has 1 heterocycles. The molecule has 1 aliphatic carbocycles. The van der Waals surface area contributed by atoms with Gasteiger partial charge in [0.15, 0.2) is 0 Å². The summed E-state index contributed by atoms with van der Waals surface area (Å²) in [5.41, 5.74) is 8.09. The Bertz CT molecular complexity index is 1560. The van der Waals surface area contributed by atoms with Gasteiger partial charge in [-0.25, -0.2) is 0 Å². The largest absolute Gasteiger partial charge is 0.341 e. The Labute approximate surface area is 280 Å². The fourth-order valence-electron chi connectivity index (χ4n) is 6.91. The summed E-state index contributed by atoms with van der Waals surface area (Å²) in [6.45, 7) is 1.31. The summed E-state index contributed by atoms with van der Waals surface area (Å²) in [6, 6.07) is 23.1. The topological polar surface area (TPSA) is 90.2 Å². The van der Waals surface area contributed by atoms with Crippen molar-refractivity contribution < 1.29 is 14.4 Å². The molecule has 0 bridgehead atoms. The number of amides is 3. The number of piperidine rings is 1. The lowest BCUT2D eigenvalue weighted by atomic mass is 9.75. The Hall–Kier alpha value is -4.01. The number of nitrogens with two attached hydrogens (primary N) is 1. The molecule has 1 saturated heterocycles. The number of benzene rings is 3. The minimum Gasteiger partial charge on any atom is -0.341 e. The number of nitrogens with zero attached hydrogens (tertiary/aromatic N) is 4. The number of hydrogen-bond acceptors (Lipinski definition) is 5. The van der Waals surface area contributed by atoms with E-state index in [1.807, 2.05) is 59.5 Å². The van der Waals surface area contributed by atoms with Crippen molar-refractivity contribution in [2.75, 3.05) is 41.3 Å². The monoisotopic (exact) mass is 637 g/mol. The zero-order chi connectivity index (χ0) is 33.6. The molecule has 3 amide bonds. The Morgan fingerprint density at radius 2 is 1.47 bits per heavy atom. The first-order chi connectivity index (χ1) is 22.5. The Kier molecular flexibility index (Phi) is 11.1. The summed E-state index contributed by atoms with van der Waals surface area (Å²) in [7, 11) is 7.57. The lowest BCUT2D eigenvalue weighted by Gasteiger charge is -2.40. The van der Waals surface area contributed by atoms with E-state index in [-0.39, 0.29) is 23.3 Å². The predicted octanol–water partition coefficient (Wildman–Crippen LogP) is 4.66. The van der Waals surface area contributed by atoms with Crippen molar-refractivity contribution in [1.29, 1.82) is 0 Å². The summed E-state index contributed by atoms with van der Waals surface area (Å²) in [5.74, 6) is -0.555. The van der Waals surface area contributed by atoms with Gasteiger partial charge in [-0.1, -0.05) is 78.9 Å². The molecule has 2 atom stereocenters. The quantitative estimate of drug-likeness (QED) is 0.292. The highest BCUT2D eigenvalue weighted by Gasteiger charge is 2.38. The highest BCUT2D eigenvalue weighted by Crippen LogP contribution is 2.32. The van der Waals surface area contributed by atoms with Gasteiger partial charge in [0, 0.05) is 51.6 Å². The van der Waals surface area contributed by atoms with Gasteiger partial charge in [-0.2, -0.15) is 0 Å². The summed E-state index contributed by atoms with van der Waals surface area (Å²) >= 11 is 0. The first kappa shape index (κ1) is 34.3. The highest BCUT2D eigenvalue weighted by molar-refractivity contribution is 5.95. The van der Waals surface area contributed by atoms with E-state index in [4.69, 9.17) is 5.73 Å². The second-order valence-electron chi connectivity index (χ2n) is 13.8. The smallest absolute Gasteiger partial charge is 0.246 e. The Morgan fingerprint density at radius 3 is 2.11 bits per heavy atom. The van der Waals surface area contributed by atoms with Crippen LogP contribution in [0.3, 0.4) is 0 Å². The molecule has 0 radical (unpaired) electrons. The number of carbonyl (C=O) groups is 3. The summed E-state index contributed by atoms with van der Waals surface area (Å²) < 4.78 is 0. The fourth-order valence-corrected chi connectivity index (χ4v) is 6.91. The van der Waals surface area contributed by atoms with Crippen LogP contribution in [0.25, 0.3) is 10.8 Å². The molecule has 8 heteroatoms. The van der Waals surface area contributed by atoms with Crippen LogP contribution in [0.15, 0.2) is 84.9 Å². The second-order valence-corrected chi connectivity index (χ2v) is 13.8. The van der Waals surface area contributed by atoms with Gasteiger partial charge < -0.3 is 25.3 Å². The Balaban J connectivity index is 1.42. The van der Waals surface area contributed by atoms with E-state index in [0.717, 1.165) is 54.0 Å². The fraction of sp³-hybridized carbons (Fsp3) is 0.462. The first-order valence-electron chi connectivity index (χ1n) is 17.0. The maximum absolute atomic E-state index is 14.6. The summed E-state index contributed by atoms with van der Waals surface area (Å²) in [4.78, 5) is 49.7. The van der Waals surface area contributed by atoms with E-state index in [0.29, 0.717) is 38.4 Å². The molecule has 1 unspecified atom stereocenters. The van der Waals surface area contributed by atoms with Gasteiger partial charge >= 0.3 is 0 Å². The normalized spacial score (nSPS) is 17.8. The zero-order valence-corrected chi connectivity index (χ0v) is 28.5. The van der Waals surface area contributed by atoms with Crippen LogP contribution in [-0.2, 0) is 27.2 Å². The molecule has 2 N–H and O–H groups in total. The van der Waals surface area contributed by atoms with E-state index in [1.165, 1.54) is 4.90 Å². The van der Waals surface area contributed by atoms with Gasteiger partial charge in [0.05, 0.1) is 0 Å². The maximum Gasteiger partial charge on any atom is 0.246 e. The van der Waals surface area contributed by atoms with Crippen molar-refractivity contribution >= 4 is 28.5 Å². The van der Waals surface area contributed by atoms with Gasteiger partial charge in [-0.05, 0) is 80.6 Å². The van der Waals surface area contributed by atoms with Crippen LogP contribution in [-0.4, -0.2) is 102 Å². The van der Waals surface area contributed by atoms with Crippen LogP contribution < -0.4 is 5.73 Å². The molecular weight excluding hydrogens is 586 g/mol. The summed E-state index contributed by atoms with van der Waals surface area (Å²) in [6.07, 6.45) is 9.57. The van der Waals surface area contributed by atoms with Crippen molar-refractivity contribution in [2.24, 2.45) is 5.73 Å². The molecule has 0 aromatic heterocycles. The Morgan fingerprint density at radius 1 is 0.830 bits per heavy atom. The number of fused-ring (bicyclic) bond motifs is 1. The minimum absolute atomic E-state index is 0.0472. The van der Waals surface area contributed by atoms with E-state index in [2.05, 4.69) is 43.3 Å². The van der Waals surface area contributed by atoms with Gasteiger partial charge in [0.1, 0.15) is 12.1 Å². The maximum atomic E-state index is 14.6.